The second-order valence-corrected chi connectivity index (χ2v) is 7.72. The molecule has 6 heteroatoms. The number of anilines is 1. The fourth-order valence-corrected chi connectivity index (χ4v) is 4.05. The molecule has 0 aliphatic carbocycles. The number of carbonyl (C=O) groups excluding carboxylic acids is 2. The number of carbonyl (C=O) groups is 2. The molecule has 0 unspecified atom stereocenters. The summed E-state index contributed by atoms with van der Waals surface area (Å²) in [6.45, 7) is 2.42. The Morgan fingerprint density at radius 2 is 2.04 bits per heavy atom. The third kappa shape index (κ3) is 4.44. The number of nitrogens with zero attached hydrogens (tertiary/aromatic N) is 1. The average Bonchev–Trinajstić information content (AvgIpc) is 3.03. The molecule has 1 heterocycles. The van der Waals surface area contributed by atoms with Crippen molar-refractivity contribution in [1.82, 2.24) is 0 Å². The monoisotopic (exact) mass is 419 g/mol. The fourth-order valence-electron chi connectivity index (χ4n) is 2.77. The van der Waals surface area contributed by atoms with E-state index in [1.807, 2.05) is 49.4 Å². The number of fused-ring (bicyclic) bond motifs is 1. The molecule has 0 saturated heterocycles. The molecule has 4 nitrogen and oxygen atoms in total. The molecule has 130 valence electrons. The van der Waals surface area contributed by atoms with Crippen molar-refractivity contribution in [2.45, 2.75) is 18.2 Å². The molecule has 2 aromatic rings. The van der Waals surface area contributed by atoms with Crippen molar-refractivity contribution in [3.63, 3.8) is 0 Å². The van der Waals surface area contributed by atoms with Crippen molar-refractivity contribution in [3.05, 3.63) is 58.1 Å². The van der Waals surface area contributed by atoms with Gasteiger partial charge in [0.25, 0.3) is 5.91 Å². The summed E-state index contributed by atoms with van der Waals surface area (Å²) in [5.74, 6) is -0.372. The highest BCUT2D eigenvalue weighted by Gasteiger charge is 2.24. The summed E-state index contributed by atoms with van der Waals surface area (Å²) >= 11 is 4.83. The molecule has 1 aliphatic heterocycles. The molecular weight excluding hydrogens is 402 g/mol. The van der Waals surface area contributed by atoms with Gasteiger partial charge in [-0.25, -0.2) is 0 Å². The summed E-state index contributed by atoms with van der Waals surface area (Å²) in [5, 5.41) is 0. The molecule has 0 spiro atoms. The van der Waals surface area contributed by atoms with Gasteiger partial charge in [-0.3, -0.25) is 9.59 Å². The van der Waals surface area contributed by atoms with Crippen LogP contribution in [0.1, 0.15) is 11.1 Å². The Morgan fingerprint density at radius 3 is 2.84 bits per heavy atom. The molecule has 0 aromatic heterocycles. The summed E-state index contributed by atoms with van der Waals surface area (Å²) in [6.07, 6.45) is 0.842. The topological polar surface area (TPSA) is 46.6 Å². The van der Waals surface area contributed by atoms with Gasteiger partial charge in [-0.1, -0.05) is 34.1 Å². The van der Waals surface area contributed by atoms with E-state index in [4.69, 9.17) is 4.74 Å². The number of benzene rings is 2. The maximum absolute atomic E-state index is 12.3. The van der Waals surface area contributed by atoms with Crippen LogP contribution in [0, 0.1) is 6.92 Å². The zero-order chi connectivity index (χ0) is 17.8. The minimum Gasteiger partial charge on any atom is -0.455 e. The highest BCUT2D eigenvalue weighted by molar-refractivity contribution is 9.10. The van der Waals surface area contributed by atoms with Crippen LogP contribution in [0.5, 0.6) is 0 Å². The molecule has 0 N–H and O–H groups in total. The van der Waals surface area contributed by atoms with E-state index < -0.39 is 0 Å². The Morgan fingerprint density at radius 1 is 1.24 bits per heavy atom. The number of aryl methyl sites for hydroxylation is 1. The van der Waals surface area contributed by atoms with Gasteiger partial charge >= 0.3 is 5.97 Å². The number of amides is 1. The number of hydrogen-bond donors (Lipinski definition) is 0. The van der Waals surface area contributed by atoms with Gasteiger partial charge in [-0.2, -0.15) is 0 Å². The predicted octanol–water partition coefficient (Wildman–Crippen LogP) is 3.98. The number of thioether (sulfide) groups is 1. The maximum atomic E-state index is 12.3. The van der Waals surface area contributed by atoms with E-state index in [9.17, 15) is 9.59 Å². The Labute approximate surface area is 159 Å². The van der Waals surface area contributed by atoms with E-state index in [-0.39, 0.29) is 24.2 Å². The first-order valence-electron chi connectivity index (χ1n) is 7.97. The summed E-state index contributed by atoms with van der Waals surface area (Å²) in [5.41, 5.74) is 3.17. The standard InChI is InChI=1S/C19H18BrNO3S/c1-13-10-15(20)6-7-17(13)25-12-19(23)24-11-18(22)21-9-8-14-4-2-3-5-16(14)21/h2-7,10H,8-9,11-12H2,1H3. The van der Waals surface area contributed by atoms with E-state index in [1.165, 1.54) is 11.8 Å². The number of hydrogen-bond acceptors (Lipinski definition) is 4. The molecule has 1 aliphatic rings. The van der Waals surface area contributed by atoms with E-state index >= 15 is 0 Å². The fraction of sp³-hybridized carbons (Fsp3) is 0.263. The van der Waals surface area contributed by atoms with E-state index in [0.29, 0.717) is 6.54 Å². The normalized spacial score (nSPS) is 12.8. The van der Waals surface area contributed by atoms with E-state index in [0.717, 1.165) is 32.6 Å². The lowest BCUT2D eigenvalue weighted by molar-refractivity contribution is -0.145. The minimum absolute atomic E-state index is 0.178. The molecular formula is C19H18BrNO3S. The summed E-state index contributed by atoms with van der Waals surface area (Å²) in [7, 11) is 0. The van der Waals surface area contributed by atoms with Gasteiger partial charge in [0.15, 0.2) is 6.61 Å². The SMILES string of the molecule is Cc1cc(Br)ccc1SCC(=O)OCC(=O)N1CCc2ccccc21. The lowest BCUT2D eigenvalue weighted by Crippen LogP contribution is -2.33. The molecule has 1 amide bonds. The minimum atomic E-state index is -0.381. The van der Waals surface area contributed by atoms with Crippen LogP contribution in [0.3, 0.4) is 0 Å². The van der Waals surface area contributed by atoms with Crippen LogP contribution < -0.4 is 4.90 Å². The van der Waals surface area contributed by atoms with Crippen molar-refractivity contribution in [2.75, 3.05) is 23.8 Å². The maximum Gasteiger partial charge on any atom is 0.316 e. The third-order valence-electron chi connectivity index (χ3n) is 4.03. The second kappa shape index (κ2) is 8.06. The number of esters is 1. The first-order chi connectivity index (χ1) is 12.0. The Hall–Kier alpha value is -1.79. The van der Waals surface area contributed by atoms with Gasteiger partial charge in [-0.15, -0.1) is 11.8 Å². The Balaban J connectivity index is 1.48. The smallest absolute Gasteiger partial charge is 0.316 e. The molecule has 25 heavy (non-hydrogen) atoms. The highest BCUT2D eigenvalue weighted by Crippen LogP contribution is 2.28. The van der Waals surface area contributed by atoms with Gasteiger partial charge in [0, 0.05) is 21.6 Å². The zero-order valence-electron chi connectivity index (χ0n) is 13.8. The highest BCUT2D eigenvalue weighted by atomic mass is 79.9. The van der Waals surface area contributed by atoms with Crippen LogP contribution in [0.15, 0.2) is 51.8 Å². The number of para-hydroxylation sites is 1. The lowest BCUT2D eigenvalue weighted by atomic mass is 10.2. The molecule has 0 fully saturated rings. The van der Waals surface area contributed by atoms with Crippen LogP contribution in [0.25, 0.3) is 0 Å². The second-order valence-electron chi connectivity index (χ2n) is 5.78. The van der Waals surface area contributed by atoms with Gasteiger partial charge in [0.1, 0.15) is 0 Å². The predicted molar refractivity (Wildman–Crippen MR) is 103 cm³/mol. The van der Waals surface area contributed by atoms with Crippen molar-refractivity contribution in [3.8, 4) is 0 Å². The molecule has 0 atom stereocenters. The summed E-state index contributed by atoms with van der Waals surface area (Å²) < 4.78 is 6.16. The van der Waals surface area contributed by atoms with Crippen molar-refractivity contribution in [1.29, 1.82) is 0 Å². The van der Waals surface area contributed by atoms with Crippen LogP contribution in [-0.4, -0.2) is 30.8 Å². The van der Waals surface area contributed by atoms with Crippen LogP contribution in [-0.2, 0) is 20.7 Å². The quantitative estimate of drug-likeness (QED) is 0.542. The zero-order valence-corrected chi connectivity index (χ0v) is 16.2. The summed E-state index contributed by atoms with van der Waals surface area (Å²) in [6, 6.07) is 13.7. The lowest BCUT2D eigenvalue weighted by Gasteiger charge is -2.17. The van der Waals surface area contributed by atoms with E-state index in [1.54, 1.807) is 4.90 Å². The molecule has 2 aromatic carbocycles. The molecule has 3 rings (SSSR count). The molecule has 0 radical (unpaired) electrons. The molecule has 0 saturated carbocycles. The van der Waals surface area contributed by atoms with Crippen molar-refractivity contribution < 1.29 is 14.3 Å². The van der Waals surface area contributed by atoms with Crippen LogP contribution in [0.2, 0.25) is 0 Å². The van der Waals surface area contributed by atoms with Crippen LogP contribution >= 0.6 is 27.7 Å². The van der Waals surface area contributed by atoms with Crippen molar-refractivity contribution in [2.24, 2.45) is 0 Å². The Kier molecular flexibility index (Phi) is 5.81. The first kappa shape index (κ1) is 18.0. The van der Waals surface area contributed by atoms with Gasteiger partial charge in [-0.05, 0) is 48.7 Å². The van der Waals surface area contributed by atoms with Gasteiger partial charge in [0.2, 0.25) is 0 Å². The largest absolute Gasteiger partial charge is 0.455 e. The average molecular weight is 420 g/mol. The number of rotatable bonds is 5. The molecule has 0 bridgehead atoms. The van der Waals surface area contributed by atoms with Gasteiger partial charge in [0.05, 0.1) is 5.75 Å². The number of halogens is 1. The van der Waals surface area contributed by atoms with Crippen LogP contribution in [0.4, 0.5) is 5.69 Å². The Bertz CT molecular complexity index is 809. The van der Waals surface area contributed by atoms with E-state index in [2.05, 4.69) is 15.9 Å². The summed E-state index contributed by atoms with van der Waals surface area (Å²) in [4.78, 5) is 27.0. The third-order valence-corrected chi connectivity index (χ3v) is 5.67. The first-order valence-corrected chi connectivity index (χ1v) is 9.75. The number of ether oxygens (including phenoxy) is 1. The van der Waals surface area contributed by atoms with Gasteiger partial charge < -0.3 is 9.64 Å². The van der Waals surface area contributed by atoms with Crippen molar-refractivity contribution >= 4 is 45.3 Å².